The predicted molar refractivity (Wildman–Crippen MR) is 175 cm³/mol. The number of carboxylic acid groups (broad SMARTS) is 1. The van der Waals surface area contributed by atoms with Crippen LogP contribution in [0.2, 0.25) is 0 Å². The molecule has 6 N–H and O–H groups in total. The van der Waals surface area contributed by atoms with Crippen LogP contribution in [-0.2, 0) is 30.0 Å². The summed E-state index contributed by atoms with van der Waals surface area (Å²) in [6.45, 7) is 1.07. The summed E-state index contributed by atoms with van der Waals surface area (Å²) in [5.74, 6) is -3.43. The Kier molecular flexibility index (Phi) is 17.5. The van der Waals surface area contributed by atoms with E-state index in [1.54, 1.807) is 84.9 Å². The second-order valence-electron chi connectivity index (χ2n) is 9.53. The third-order valence-electron chi connectivity index (χ3n) is 5.72. The number of nitrogens with one attached hydrogen (secondary N) is 1. The van der Waals surface area contributed by atoms with Crippen molar-refractivity contribution in [3.8, 4) is 11.5 Å². The maximum Gasteiger partial charge on any atom is 0.490 e. The Morgan fingerprint density at radius 3 is 1.84 bits per heavy atom. The van der Waals surface area contributed by atoms with E-state index in [2.05, 4.69) is 20.3 Å². The molecule has 3 aromatic rings. The van der Waals surface area contributed by atoms with Crippen molar-refractivity contribution in [3.63, 3.8) is 0 Å². The van der Waals surface area contributed by atoms with Crippen molar-refractivity contribution in [2.45, 2.75) is 18.4 Å². The molecule has 0 bridgehead atoms. The maximum atomic E-state index is 14.5. The molecule has 0 aromatic heterocycles. The van der Waals surface area contributed by atoms with Gasteiger partial charge in [0.25, 0.3) is 0 Å². The van der Waals surface area contributed by atoms with Crippen molar-refractivity contribution < 1.29 is 55.7 Å². The molecule has 0 aliphatic carbocycles. The van der Waals surface area contributed by atoms with Crippen molar-refractivity contribution in [2.75, 3.05) is 39.6 Å². The van der Waals surface area contributed by atoms with Gasteiger partial charge < -0.3 is 45.1 Å². The van der Waals surface area contributed by atoms with Crippen LogP contribution in [0.1, 0.15) is 5.56 Å². The van der Waals surface area contributed by atoms with Crippen LogP contribution in [0.3, 0.4) is 0 Å². The third kappa shape index (κ3) is 16.6. The van der Waals surface area contributed by atoms with Gasteiger partial charge in [0, 0.05) is 17.9 Å². The fourth-order valence-corrected chi connectivity index (χ4v) is 5.39. The molecule has 1 unspecified atom stereocenters. The van der Waals surface area contributed by atoms with E-state index in [9.17, 15) is 22.5 Å². The van der Waals surface area contributed by atoms with E-state index in [1.807, 2.05) is 0 Å². The summed E-state index contributed by atoms with van der Waals surface area (Å²) < 4.78 is 74.1. The van der Waals surface area contributed by atoms with E-state index < -0.39 is 31.6 Å². The lowest BCUT2D eigenvalue weighted by Crippen LogP contribution is -2.39. The smallest absolute Gasteiger partial charge is 0.475 e. The lowest BCUT2D eigenvalue weighted by molar-refractivity contribution is -0.192. The first-order valence-corrected chi connectivity index (χ1v) is 16.1. The predicted octanol–water partition coefficient (Wildman–Crippen LogP) is 5.51. The number of amides is 1. The van der Waals surface area contributed by atoms with Gasteiger partial charge in [0.2, 0.25) is 0 Å². The molecular weight excluding hydrogens is 690 g/mol. The number of alkyl halides is 3. The summed E-state index contributed by atoms with van der Waals surface area (Å²) in [6.07, 6.45) is -5.87. The molecule has 0 saturated carbocycles. The largest absolute Gasteiger partial charge is 0.490 e. The SMILES string of the molecule is O=C(O)C(F)(F)F.[N-]=[N+]=NCCOCCOCCOC(=O)NC(Cc1ccc(N=C(N)N)cc1)P(=O)(Oc1ccccc1)Oc1ccccc1. The fraction of sp³-hybridized carbons (Fsp3) is 0.300. The topological polar surface area (TPSA) is 243 Å². The number of benzene rings is 3. The number of rotatable bonds is 18. The standard InChI is InChI=1S/C28H34N7O7P.C2HF3O2/c29-27(30)33-23-13-11-22(12-14-23)21-26(34-28(36)40-20-19-39-18-17-38-16-15-32-35-31)43(37,41-24-7-3-1-4-8-24)42-25-9-5-2-6-10-25;3-2(4,5)1(6)7/h1-14,26H,15-21H2,(H,34,36)(H4,29,30,33);(H,6,7). The minimum atomic E-state index is -5.08. The Morgan fingerprint density at radius 2 is 1.36 bits per heavy atom. The number of guanidine groups is 1. The second-order valence-corrected chi connectivity index (χ2v) is 11.6. The maximum absolute atomic E-state index is 14.5. The average molecular weight is 726 g/mol. The summed E-state index contributed by atoms with van der Waals surface area (Å²) in [7, 11) is -4.15. The first kappa shape index (κ1) is 40.7. The molecule has 0 spiro atoms. The average Bonchev–Trinajstić information content (AvgIpc) is 3.06. The second kappa shape index (κ2) is 21.5. The van der Waals surface area contributed by atoms with Crippen LogP contribution in [0.25, 0.3) is 10.4 Å². The van der Waals surface area contributed by atoms with Gasteiger partial charge in [0.1, 0.15) is 18.1 Å². The number of aliphatic imine (C=N–C) groups is 1. The molecule has 50 heavy (non-hydrogen) atoms. The van der Waals surface area contributed by atoms with E-state index in [4.69, 9.17) is 50.2 Å². The number of carbonyl (C=O) groups is 2. The molecular formula is C30H35F3N7O9P. The van der Waals surface area contributed by atoms with Crippen molar-refractivity contribution >= 4 is 31.3 Å². The highest BCUT2D eigenvalue weighted by atomic mass is 31.2. The highest BCUT2D eigenvalue weighted by Crippen LogP contribution is 2.53. The molecule has 20 heteroatoms. The van der Waals surface area contributed by atoms with Crippen LogP contribution in [0.4, 0.5) is 23.7 Å². The van der Waals surface area contributed by atoms with Gasteiger partial charge in [-0.25, -0.2) is 19.1 Å². The molecule has 270 valence electrons. The van der Waals surface area contributed by atoms with Gasteiger partial charge in [0.05, 0.1) is 32.1 Å². The highest BCUT2D eigenvalue weighted by molar-refractivity contribution is 7.55. The van der Waals surface area contributed by atoms with Crippen molar-refractivity contribution in [2.24, 2.45) is 21.6 Å². The number of hydrogen-bond donors (Lipinski definition) is 4. The van der Waals surface area contributed by atoms with Crippen molar-refractivity contribution in [1.82, 2.24) is 5.32 Å². The number of hydrogen-bond acceptors (Lipinski definition) is 10. The number of para-hydroxylation sites is 2. The number of nitrogens with zero attached hydrogens (tertiary/aromatic N) is 4. The first-order valence-electron chi connectivity index (χ1n) is 14.5. The van der Waals surface area contributed by atoms with E-state index >= 15 is 0 Å². The lowest BCUT2D eigenvalue weighted by atomic mass is 10.1. The first-order chi connectivity index (χ1) is 23.8. The summed E-state index contributed by atoms with van der Waals surface area (Å²) in [5.41, 5.74) is 20.4. The molecule has 0 radical (unpaired) electrons. The van der Waals surface area contributed by atoms with Crippen LogP contribution >= 0.6 is 7.60 Å². The Hall–Kier alpha value is -5.48. The normalized spacial score (nSPS) is 11.4. The van der Waals surface area contributed by atoms with Gasteiger partial charge in [-0.15, -0.1) is 0 Å². The number of azide groups is 1. The minimum Gasteiger partial charge on any atom is -0.475 e. The monoisotopic (exact) mass is 725 g/mol. The van der Waals surface area contributed by atoms with Crippen LogP contribution in [0, 0.1) is 0 Å². The Balaban J connectivity index is 0.00000112. The van der Waals surface area contributed by atoms with Crippen LogP contribution in [0.15, 0.2) is 95.0 Å². The zero-order chi connectivity index (χ0) is 36.8. The molecule has 0 aliphatic rings. The zero-order valence-electron chi connectivity index (χ0n) is 26.3. The molecule has 0 heterocycles. The molecule has 0 saturated heterocycles. The molecule has 16 nitrogen and oxygen atoms in total. The number of carboxylic acids is 1. The van der Waals surface area contributed by atoms with Crippen molar-refractivity contribution in [1.29, 1.82) is 0 Å². The fourth-order valence-electron chi connectivity index (χ4n) is 3.57. The van der Waals surface area contributed by atoms with Gasteiger partial charge in [-0.05, 0) is 47.5 Å². The number of carbonyl (C=O) groups excluding carboxylic acids is 1. The van der Waals surface area contributed by atoms with Gasteiger partial charge in [-0.3, -0.25) is 0 Å². The number of aliphatic carboxylic acids is 1. The summed E-state index contributed by atoms with van der Waals surface area (Å²) in [5, 5.41) is 13.2. The molecule has 0 aliphatic heterocycles. The molecule has 1 amide bonds. The van der Waals surface area contributed by atoms with E-state index in [-0.39, 0.29) is 52.0 Å². The quantitative estimate of drug-likeness (QED) is 0.0242. The summed E-state index contributed by atoms with van der Waals surface area (Å²) in [4.78, 5) is 28.4. The molecule has 3 aromatic carbocycles. The van der Waals surface area contributed by atoms with Gasteiger partial charge in [0.15, 0.2) is 11.7 Å². The zero-order valence-corrected chi connectivity index (χ0v) is 27.2. The Labute approximate surface area is 284 Å². The summed E-state index contributed by atoms with van der Waals surface area (Å²) in [6, 6.07) is 23.9. The number of halogens is 3. The number of nitrogens with two attached hydrogens (primary N) is 2. The van der Waals surface area contributed by atoms with Crippen LogP contribution < -0.4 is 25.8 Å². The third-order valence-corrected chi connectivity index (χ3v) is 7.72. The number of alkyl carbamates (subject to hydrolysis) is 1. The van der Waals surface area contributed by atoms with Gasteiger partial charge in [-0.2, -0.15) is 13.2 Å². The molecule has 3 rings (SSSR count). The van der Waals surface area contributed by atoms with E-state index in [0.717, 1.165) is 0 Å². The van der Waals surface area contributed by atoms with Crippen molar-refractivity contribution in [3.05, 3.63) is 101 Å². The molecule has 0 fully saturated rings. The van der Waals surface area contributed by atoms with Gasteiger partial charge in [-0.1, -0.05) is 53.6 Å². The van der Waals surface area contributed by atoms with Gasteiger partial charge >= 0.3 is 25.8 Å². The highest BCUT2D eigenvalue weighted by Gasteiger charge is 2.41. The Bertz CT molecular complexity index is 1550. The summed E-state index contributed by atoms with van der Waals surface area (Å²) >= 11 is 0. The lowest BCUT2D eigenvalue weighted by Gasteiger charge is -2.28. The van der Waals surface area contributed by atoms with Crippen LogP contribution in [-0.4, -0.2) is 74.7 Å². The number of ether oxygens (including phenoxy) is 3. The van der Waals surface area contributed by atoms with Crippen LogP contribution in [0.5, 0.6) is 11.5 Å². The van der Waals surface area contributed by atoms with E-state index in [1.165, 1.54) is 0 Å². The minimum absolute atomic E-state index is 0.0534. The van der Waals surface area contributed by atoms with E-state index in [0.29, 0.717) is 22.7 Å². The Morgan fingerprint density at radius 1 is 0.860 bits per heavy atom. The molecule has 1 atom stereocenters.